The Morgan fingerprint density at radius 3 is 2.50 bits per heavy atom. The van der Waals surface area contributed by atoms with Gasteiger partial charge in [0.05, 0.1) is 6.61 Å². The zero-order valence-electron chi connectivity index (χ0n) is 9.27. The van der Waals surface area contributed by atoms with Crippen molar-refractivity contribution in [3.63, 3.8) is 0 Å². The second-order valence-electron chi connectivity index (χ2n) is 3.43. The number of rotatable bonds is 7. The van der Waals surface area contributed by atoms with E-state index in [0.29, 0.717) is 13.0 Å². The Balaban J connectivity index is 3.88. The largest absolute Gasteiger partial charge is 0.465 e. The smallest absolute Gasteiger partial charge is 0.405 e. The number of aliphatic hydroxyl groups is 1. The van der Waals surface area contributed by atoms with Gasteiger partial charge in [-0.3, -0.25) is 4.79 Å². The van der Waals surface area contributed by atoms with Gasteiger partial charge >= 0.3 is 6.09 Å². The predicted octanol–water partition coefficient (Wildman–Crippen LogP) is -1.14. The van der Waals surface area contributed by atoms with E-state index in [9.17, 15) is 9.59 Å². The minimum absolute atomic E-state index is 0.0142. The molecule has 0 aromatic rings. The maximum Gasteiger partial charge on any atom is 0.405 e. The van der Waals surface area contributed by atoms with Gasteiger partial charge in [0, 0.05) is 12.6 Å². The molecule has 0 heterocycles. The molecule has 0 bridgehead atoms. The van der Waals surface area contributed by atoms with Crippen molar-refractivity contribution in [3.8, 4) is 0 Å². The van der Waals surface area contributed by atoms with E-state index >= 15 is 0 Å². The van der Waals surface area contributed by atoms with Gasteiger partial charge in [-0.05, 0) is 12.8 Å². The summed E-state index contributed by atoms with van der Waals surface area (Å²) >= 11 is 0. The molecular weight excluding hydrogens is 214 g/mol. The highest BCUT2D eigenvalue weighted by Crippen LogP contribution is 1.91. The summed E-state index contributed by atoms with van der Waals surface area (Å²) in [6, 6.07) is -1.12. The van der Waals surface area contributed by atoms with Gasteiger partial charge in [-0.1, -0.05) is 6.92 Å². The molecule has 0 aliphatic rings. The fourth-order valence-corrected chi connectivity index (χ4v) is 1.05. The monoisotopic (exact) mass is 233 g/mol. The molecule has 0 aromatic carbocycles. The average molecular weight is 233 g/mol. The zero-order valence-corrected chi connectivity index (χ0v) is 9.27. The lowest BCUT2D eigenvalue weighted by Crippen LogP contribution is -2.49. The first-order valence-electron chi connectivity index (χ1n) is 5.14. The molecule has 0 aliphatic heterocycles. The summed E-state index contributed by atoms with van der Waals surface area (Å²) < 4.78 is 0. The molecule has 7 heteroatoms. The molecule has 0 radical (unpaired) electrons. The molecule has 6 N–H and O–H groups in total. The summed E-state index contributed by atoms with van der Waals surface area (Å²) in [6.45, 7) is 1.73. The molecule has 0 aliphatic carbocycles. The molecule has 94 valence electrons. The average Bonchev–Trinajstić information content (AvgIpc) is 2.24. The van der Waals surface area contributed by atoms with Crippen LogP contribution in [0.3, 0.4) is 0 Å². The van der Waals surface area contributed by atoms with Gasteiger partial charge in [-0.2, -0.15) is 0 Å². The van der Waals surface area contributed by atoms with Gasteiger partial charge < -0.3 is 26.6 Å². The van der Waals surface area contributed by atoms with Crippen LogP contribution in [0.2, 0.25) is 0 Å². The minimum Gasteiger partial charge on any atom is -0.465 e. The van der Waals surface area contributed by atoms with E-state index in [2.05, 4.69) is 5.32 Å². The Morgan fingerprint density at radius 1 is 1.44 bits per heavy atom. The van der Waals surface area contributed by atoms with Crippen LogP contribution in [0.25, 0.3) is 0 Å². The van der Waals surface area contributed by atoms with Crippen LogP contribution < -0.4 is 16.4 Å². The molecule has 0 rings (SSSR count). The van der Waals surface area contributed by atoms with Crippen molar-refractivity contribution in [2.24, 2.45) is 5.73 Å². The summed E-state index contributed by atoms with van der Waals surface area (Å²) in [5, 5.41) is 21.6. The maximum atomic E-state index is 11.3. The Hall–Kier alpha value is -1.34. The van der Waals surface area contributed by atoms with Crippen molar-refractivity contribution in [2.45, 2.75) is 31.8 Å². The second-order valence-corrected chi connectivity index (χ2v) is 3.43. The van der Waals surface area contributed by atoms with Crippen LogP contribution in [0, 0.1) is 0 Å². The van der Waals surface area contributed by atoms with E-state index in [1.54, 1.807) is 0 Å². The highest BCUT2D eigenvalue weighted by atomic mass is 16.4. The normalized spacial score (nSPS) is 13.9. The Morgan fingerprint density at radius 2 is 2.06 bits per heavy atom. The number of amides is 2. The third-order valence-corrected chi connectivity index (χ3v) is 2.14. The summed E-state index contributed by atoms with van der Waals surface area (Å²) in [4.78, 5) is 21.6. The number of hydrogen-bond acceptors (Lipinski definition) is 4. The Labute approximate surface area is 94.0 Å². The molecule has 7 nitrogen and oxygen atoms in total. The third kappa shape index (κ3) is 6.20. The van der Waals surface area contributed by atoms with Crippen molar-refractivity contribution in [2.75, 3.05) is 13.2 Å². The van der Waals surface area contributed by atoms with Crippen LogP contribution in [0.15, 0.2) is 0 Å². The van der Waals surface area contributed by atoms with Crippen molar-refractivity contribution < 1.29 is 19.8 Å². The van der Waals surface area contributed by atoms with E-state index in [0.717, 1.165) is 6.42 Å². The second kappa shape index (κ2) is 7.89. The number of nitrogens with one attached hydrogen (secondary N) is 2. The van der Waals surface area contributed by atoms with Crippen LogP contribution in [0.5, 0.6) is 0 Å². The molecule has 2 amide bonds. The lowest BCUT2D eigenvalue weighted by Gasteiger charge is -2.15. The van der Waals surface area contributed by atoms with E-state index in [-0.39, 0.29) is 6.04 Å². The van der Waals surface area contributed by atoms with E-state index < -0.39 is 24.6 Å². The predicted molar refractivity (Wildman–Crippen MR) is 57.9 cm³/mol. The maximum absolute atomic E-state index is 11.3. The van der Waals surface area contributed by atoms with Crippen molar-refractivity contribution in [1.29, 1.82) is 0 Å². The zero-order chi connectivity index (χ0) is 12.6. The molecule has 16 heavy (non-hydrogen) atoms. The van der Waals surface area contributed by atoms with Crippen molar-refractivity contribution in [1.82, 2.24) is 10.6 Å². The summed E-state index contributed by atoms with van der Waals surface area (Å²) in [5.41, 5.74) is 5.64. The number of nitrogens with two attached hydrogens (primary N) is 1. The number of carboxylic acid groups (broad SMARTS) is 1. The van der Waals surface area contributed by atoms with Crippen LogP contribution >= 0.6 is 0 Å². The highest BCUT2D eigenvalue weighted by Gasteiger charge is 2.18. The van der Waals surface area contributed by atoms with Gasteiger partial charge in [0.25, 0.3) is 0 Å². The number of carbonyl (C=O) groups is 2. The number of carbonyl (C=O) groups excluding carboxylic acids is 1. The van der Waals surface area contributed by atoms with Crippen molar-refractivity contribution in [3.05, 3.63) is 0 Å². The summed E-state index contributed by atoms with van der Waals surface area (Å²) in [7, 11) is 0. The quantitative estimate of drug-likeness (QED) is 0.380. The van der Waals surface area contributed by atoms with Crippen molar-refractivity contribution >= 4 is 12.0 Å². The van der Waals surface area contributed by atoms with Crippen LogP contribution in [-0.4, -0.2) is 47.4 Å². The summed E-state index contributed by atoms with van der Waals surface area (Å²) in [6.07, 6.45) is 0.0830. The molecular formula is C9H19N3O4. The van der Waals surface area contributed by atoms with Gasteiger partial charge in [0.1, 0.15) is 6.04 Å². The molecule has 0 fully saturated rings. The van der Waals surface area contributed by atoms with Crippen LogP contribution in [0.4, 0.5) is 4.79 Å². The SMILES string of the molecule is CCC(N)CCNC(=O)C(CO)NC(=O)O. The number of hydrogen-bond donors (Lipinski definition) is 5. The lowest BCUT2D eigenvalue weighted by atomic mass is 10.1. The fourth-order valence-electron chi connectivity index (χ4n) is 1.05. The number of aliphatic hydroxyl groups excluding tert-OH is 1. The fraction of sp³-hybridized carbons (Fsp3) is 0.778. The molecule has 0 saturated carbocycles. The Bertz CT molecular complexity index is 235. The topological polar surface area (TPSA) is 125 Å². The van der Waals surface area contributed by atoms with E-state index in [1.807, 2.05) is 12.2 Å². The highest BCUT2D eigenvalue weighted by molar-refractivity contribution is 5.85. The first-order valence-corrected chi connectivity index (χ1v) is 5.14. The van der Waals surface area contributed by atoms with Crippen LogP contribution in [0.1, 0.15) is 19.8 Å². The van der Waals surface area contributed by atoms with Gasteiger partial charge in [0.15, 0.2) is 0 Å². The molecule has 2 unspecified atom stereocenters. The van der Waals surface area contributed by atoms with Gasteiger partial charge in [-0.15, -0.1) is 0 Å². The molecule has 0 saturated heterocycles. The van der Waals surface area contributed by atoms with E-state index in [4.69, 9.17) is 15.9 Å². The first-order chi connectivity index (χ1) is 7.51. The van der Waals surface area contributed by atoms with Crippen LogP contribution in [-0.2, 0) is 4.79 Å². The standard InChI is InChI=1S/C9H19N3O4/c1-2-6(10)3-4-11-8(14)7(5-13)12-9(15)16/h6-7,12-13H,2-5,10H2,1H3,(H,11,14)(H,15,16). The third-order valence-electron chi connectivity index (χ3n) is 2.14. The van der Waals surface area contributed by atoms with Gasteiger partial charge in [0.2, 0.25) is 5.91 Å². The van der Waals surface area contributed by atoms with E-state index in [1.165, 1.54) is 0 Å². The molecule has 2 atom stereocenters. The minimum atomic E-state index is -1.35. The lowest BCUT2D eigenvalue weighted by molar-refractivity contribution is -0.123. The van der Waals surface area contributed by atoms with Gasteiger partial charge in [-0.25, -0.2) is 4.79 Å². The molecule has 0 spiro atoms. The Kier molecular flexibility index (Phi) is 7.23. The molecule has 0 aromatic heterocycles. The first kappa shape index (κ1) is 14.7. The summed E-state index contributed by atoms with van der Waals surface area (Å²) in [5.74, 6) is -0.548.